The molecule has 4 heteroatoms. The summed E-state index contributed by atoms with van der Waals surface area (Å²) in [6, 6.07) is 8.47. The molecule has 1 aromatic rings. The number of benzene rings is 1. The number of rotatable bonds is 5. The van der Waals surface area contributed by atoms with Gasteiger partial charge in [-0.2, -0.15) is 0 Å². The van der Waals surface area contributed by atoms with Crippen LogP contribution in [0.3, 0.4) is 0 Å². The molecule has 2 rings (SSSR count). The van der Waals surface area contributed by atoms with Gasteiger partial charge in [0.2, 0.25) is 0 Å². The highest BCUT2D eigenvalue weighted by atomic mass is 79.9. The van der Waals surface area contributed by atoms with Crippen molar-refractivity contribution in [2.75, 3.05) is 13.2 Å². The molecule has 0 bridgehead atoms. The normalized spacial score (nSPS) is 23.9. The van der Waals surface area contributed by atoms with Gasteiger partial charge in [0, 0.05) is 22.4 Å². The van der Waals surface area contributed by atoms with Crippen LogP contribution < -0.4 is 10.1 Å². The molecule has 0 saturated heterocycles. The quantitative estimate of drug-likeness (QED) is 0.666. The fourth-order valence-electron chi connectivity index (χ4n) is 1.68. The highest BCUT2D eigenvalue weighted by molar-refractivity contribution is 9.10. The van der Waals surface area contributed by atoms with Gasteiger partial charge in [-0.15, -0.1) is 11.6 Å². The van der Waals surface area contributed by atoms with E-state index in [1.807, 2.05) is 24.3 Å². The van der Waals surface area contributed by atoms with E-state index < -0.39 is 0 Å². The lowest BCUT2D eigenvalue weighted by atomic mass is 9.92. The molecule has 0 amide bonds. The van der Waals surface area contributed by atoms with Crippen molar-refractivity contribution < 1.29 is 4.74 Å². The predicted molar refractivity (Wildman–Crippen MR) is 70.3 cm³/mol. The van der Waals surface area contributed by atoms with Gasteiger partial charge in [-0.1, -0.05) is 15.9 Å². The third kappa shape index (κ3) is 3.65. The van der Waals surface area contributed by atoms with Gasteiger partial charge in [-0.25, -0.2) is 0 Å². The van der Waals surface area contributed by atoms with Crippen molar-refractivity contribution in [2.45, 2.75) is 24.3 Å². The smallest absolute Gasteiger partial charge is 0.119 e. The molecule has 0 aliphatic heterocycles. The molecule has 1 fully saturated rings. The van der Waals surface area contributed by atoms with E-state index >= 15 is 0 Å². The van der Waals surface area contributed by atoms with Crippen molar-refractivity contribution in [1.82, 2.24) is 5.32 Å². The molecule has 0 unspecified atom stereocenters. The van der Waals surface area contributed by atoms with E-state index in [1.54, 1.807) is 0 Å². The molecule has 88 valence electrons. The maximum absolute atomic E-state index is 5.89. The lowest BCUT2D eigenvalue weighted by Crippen LogP contribution is -2.43. The summed E-state index contributed by atoms with van der Waals surface area (Å²) in [6.07, 6.45) is 2.17. The first kappa shape index (κ1) is 12.2. The van der Waals surface area contributed by atoms with Crippen LogP contribution in [0, 0.1) is 0 Å². The molecule has 0 spiro atoms. The number of nitrogens with one attached hydrogen (secondary N) is 1. The van der Waals surface area contributed by atoms with Crippen LogP contribution in [0.15, 0.2) is 28.7 Å². The predicted octanol–water partition coefficient (Wildman–Crippen LogP) is 3.19. The zero-order valence-corrected chi connectivity index (χ0v) is 11.3. The Hall–Kier alpha value is -0.250. The first-order valence-corrected chi connectivity index (χ1v) is 6.73. The topological polar surface area (TPSA) is 21.3 Å². The van der Waals surface area contributed by atoms with Gasteiger partial charge >= 0.3 is 0 Å². The molecule has 1 N–H and O–H groups in total. The number of alkyl halides is 1. The fraction of sp³-hybridized carbons (Fsp3) is 0.500. The van der Waals surface area contributed by atoms with E-state index in [2.05, 4.69) is 21.2 Å². The zero-order chi connectivity index (χ0) is 11.4. The molecule has 1 aliphatic rings. The Labute approximate surface area is 109 Å². The molecule has 1 aliphatic carbocycles. The van der Waals surface area contributed by atoms with Crippen LogP contribution in [-0.4, -0.2) is 24.6 Å². The van der Waals surface area contributed by atoms with E-state index in [1.165, 1.54) is 0 Å². The summed E-state index contributed by atoms with van der Waals surface area (Å²) in [5.74, 6) is 0.911. The van der Waals surface area contributed by atoms with E-state index in [0.717, 1.165) is 29.6 Å². The van der Waals surface area contributed by atoms with Crippen LogP contribution in [-0.2, 0) is 0 Å². The lowest BCUT2D eigenvalue weighted by Gasteiger charge is -2.31. The maximum atomic E-state index is 5.89. The summed E-state index contributed by atoms with van der Waals surface area (Å²) < 4.78 is 6.66. The molecular formula is C12H15BrClNO. The molecule has 0 heterocycles. The number of halogens is 2. The van der Waals surface area contributed by atoms with Crippen molar-refractivity contribution in [2.24, 2.45) is 0 Å². The number of hydrogen-bond donors (Lipinski definition) is 1. The van der Waals surface area contributed by atoms with Crippen LogP contribution in [0.4, 0.5) is 0 Å². The lowest BCUT2D eigenvalue weighted by molar-refractivity contribution is 0.278. The molecule has 0 atom stereocenters. The van der Waals surface area contributed by atoms with E-state index in [0.29, 0.717) is 18.0 Å². The van der Waals surface area contributed by atoms with Gasteiger partial charge < -0.3 is 10.1 Å². The highest BCUT2D eigenvalue weighted by Gasteiger charge is 2.26. The largest absolute Gasteiger partial charge is 0.492 e. The summed E-state index contributed by atoms with van der Waals surface area (Å²) in [6.45, 7) is 1.58. The van der Waals surface area contributed by atoms with Gasteiger partial charge in [0.05, 0.1) is 0 Å². The summed E-state index contributed by atoms with van der Waals surface area (Å²) in [5, 5.41) is 3.79. The fourth-order valence-corrected chi connectivity index (χ4v) is 2.37. The monoisotopic (exact) mass is 303 g/mol. The Morgan fingerprint density at radius 1 is 1.31 bits per heavy atom. The third-order valence-electron chi connectivity index (χ3n) is 2.70. The summed E-state index contributed by atoms with van der Waals surface area (Å²) in [5.41, 5.74) is 0. The second-order valence-corrected chi connectivity index (χ2v) is 5.56. The van der Waals surface area contributed by atoms with Gasteiger partial charge in [0.25, 0.3) is 0 Å². The Balaban J connectivity index is 1.59. The van der Waals surface area contributed by atoms with E-state index in [4.69, 9.17) is 16.3 Å². The molecule has 16 heavy (non-hydrogen) atoms. The average Bonchev–Trinajstić information content (AvgIpc) is 2.24. The van der Waals surface area contributed by atoms with Crippen LogP contribution >= 0.6 is 27.5 Å². The molecule has 2 nitrogen and oxygen atoms in total. The minimum atomic E-state index is 0.380. The van der Waals surface area contributed by atoms with Crippen LogP contribution in [0.1, 0.15) is 12.8 Å². The first-order chi connectivity index (χ1) is 7.74. The SMILES string of the molecule is ClC1CC(NCCOc2ccc(Br)cc2)C1. The van der Waals surface area contributed by atoms with Gasteiger partial charge in [0.1, 0.15) is 12.4 Å². The second-order valence-electron chi connectivity index (χ2n) is 4.02. The molecular weight excluding hydrogens is 289 g/mol. The van der Waals surface area contributed by atoms with Crippen LogP contribution in [0.2, 0.25) is 0 Å². The van der Waals surface area contributed by atoms with Crippen molar-refractivity contribution in [3.63, 3.8) is 0 Å². The third-order valence-corrected chi connectivity index (χ3v) is 3.58. The van der Waals surface area contributed by atoms with Gasteiger partial charge in [0.15, 0.2) is 0 Å². The average molecular weight is 305 g/mol. The van der Waals surface area contributed by atoms with E-state index in [-0.39, 0.29) is 0 Å². The molecule has 0 radical (unpaired) electrons. The Morgan fingerprint density at radius 2 is 2.00 bits per heavy atom. The zero-order valence-electron chi connectivity index (χ0n) is 8.96. The standard InChI is InChI=1S/C12H15BrClNO/c13-9-1-3-12(4-2-9)16-6-5-15-11-7-10(14)8-11/h1-4,10-11,15H,5-8H2. The van der Waals surface area contributed by atoms with Gasteiger partial charge in [-0.05, 0) is 37.1 Å². The summed E-state index contributed by atoms with van der Waals surface area (Å²) in [7, 11) is 0. The van der Waals surface area contributed by atoms with Crippen molar-refractivity contribution >= 4 is 27.5 Å². The Morgan fingerprint density at radius 3 is 2.62 bits per heavy atom. The second kappa shape index (κ2) is 5.89. The number of hydrogen-bond acceptors (Lipinski definition) is 2. The van der Waals surface area contributed by atoms with Crippen LogP contribution in [0.25, 0.3) is 0 Å². The minimum absolute atomic E-state index is 0.380. The summed E-state index contributed by atoms with van der Waals surface area (Å²) >= 11 is 9.28. The van der Waals surface area contributed by atoms with E-state index in [9.17, 15) is 0 Å². The Kier molecular flexibility index (Phi) is 4.50. The first-order valence-electron chi connectivity index (χ1n) is 5.50. The van der Waals surface area contributed by atoms with Gasteiger partial charge in [-0.3, -0.25) is 0 Å². The Bertz CT molecular complexity index is 324. The molecule has 0 aromatic heterocycles. The summed E-state index contributed by atoms with van der Waals surface area (Å²) in [4.78, 5) is 0. The van der Waals surface area contributed by atoms with Crippen molar-refractivity contribution in [1.29, 1.82) is 0 Å². The molecule has 1 aromatic carbocycles. The van der Waals surface area contributed by atoms with Crippen molar-refractivity contribution in [3.05, 3.63) is 28.7 Å². The van der Waals surface area contributed by atoms with Crippen LogP contribution in [0.5, 0.6) is 5.75 Å². The minimum Gasteiger partial charge on any atom is -0.492 e. The van der Waals surface area contributed by atoms with Crippen molar-refractivity contribution in [3.8, 4) is 5.75 Å². The highest BCUT2D eigenvalue weighted by Crippen LogP contribution is 2.24. The molecule has 1 saturated carbocycles. The maximum Gasteiger partial charge on any atom is 0.119 e. The number of ether oxygens (including phenoxy) is 1.